The summed E-state index contributed by atoms with van der Waals surface area (Å²) in [6, 6.07) is 68.3. The van der Waals surface area contributed by atoms with Gasteiger partial charge in [-0.05, 0) is 60.7 Å². The molecule has 0 N–H and O–H groups in total. The maximum absolute atomic E-state index is 5.49. The molecule has 266 valence electrons. The van der Waals surface area contributed by atoms with Crippen LogP contribution in [0.2, 0.25) is 0 Å². The third-order valence-electron chi connectivity index (χ3n) is 11.3. The van der Waals surface area contributed by atoms with Crippen LogP contribution in [0.4, 0.5) is 0 Å². The van der Waals surface area contributed by atoms with Crippen LogP contribution in [-0.4, -0.2) is 28.7 Å². The van der Waals surface area contributed by atoms with Crippen molar-refractivity contribution in [3.05, 3.63) is 194 Å². The van der Waals surface area contributed by atoms with Crippen molar-refractivity contribution in [2.75, 3.05) is 0 Å². The zero-order valence-electron chi connectivity index (χ0n) is 30.7. The maximum Gasteiger partial charge on any atom is 0.238 e. The highest BCUT2D eigenvalue weighted by Crippen LogP contribution is 2.41. The van der Waals surface area contributed by atoms with Gasteiger partial charge >= 0.3 is 0 Å². The summed E-state index contributed by atoms with van der Waals surface area (Å²) >= 11 is 0. The molecule has 8 aromatic carbocycles. The molecule has 57 heavy (non-hydrogen) atoms. The molecule has 4 heterocycles. The lowest BCUT2D eigenvalue weighted by molar-refractivity contribution is 0.953. The molecule has 4 aromatic heterocycles. The van der Waals surface area contributed by atoms with Gasteiger partial charge in [0.05, 0.1) is 33.1 Å². The number of hydrogen-bond donors (Lipinski definition) is 0. The summed E-state index contributed by atoms with van der Waals surface area (Å²) in [6.45, 7) is 0. The van der Waals surface area contributed by atoms with Gasteiger partial charge < -0.3 is 9.13 Å². The van der Waals surface area contributed by atoms with Gasteiger partial charge in [0.25, 0.3) is 0 Å². The number of nitrogens with zero attached hydrogens (tertiary/aromatic N) is 6. The van der Waals surface area contributed by atoms with Gasteiger partial charge in [0.2, 0.25) is 5.95 Å². The molecule has 12 aromatic rings. The summed E-state index contributed by atoms with van der Waals surface area (Å²) in [5.41, 5.74) is 10.4. The van der Waals surface area contributed by atoms with E-state index in [2.05, 4.69) is 208 Å². The van der Waals surface area contributed by atoms with Crippen LogP contribution in [0.3, 0.4) is 0 Å². The lowest BCUT2D eigenvalue weighted by Gasteiger charge is -2.15. The molecule has 0 saturated heterocycles. The van der Waals surface area contributed by atoms with Crippen molar-refractivity contribution in [2.45, 2.75) is 0 Å². The molecule has 0 atom stereocenters. The van der Waals surface area contributed by atoms with E-state index in [0.29, 0.717) is 17.6 Å². The third kappa shape index (κ3) is 4.68. The molecule has 6 heteroatoms. The Morgan fingerprint density at radius 1 is 0.263 bits per heavy atom. The second-order valence-electron chi connectivity index (χ2n) is 14.4. The van der Waals surface area contributed by atoms with E-state index in [1.165, 1.54) is 10.8 Å². The Kier molecular flexibility index (Phi) is 6.83. The van der Waals surface area contributed by atoms with Crippen molar-refractivity contribution in [1.29, 1.82) is 0 Å². The highest BCUT2D eigenvalue weighted by atomic mass is 15.2. The Balaban J connectivity index is 1.23. The Hall–Kier alpha value is -7.83. The fourth-order valence-corrected chi connectivity index (χ4v) is 8.93. The van der Waals surface area contributed by atoms with Crippen molar-refractivity contribution < 1.29 is 0 Å². The number of fused-ring (bicyclic) bond motifs is 9. The van der Waals surface area contributed by atoms with Crippen molar-refractivity contribution >= 4 is 65.4 Å². The van der Waals surface area contributed by atoms with Gasteiger partial charge in [0.1, 0.15) is 0 Å². The highest BCUT2D eigenvalue weighted by molar-refractivity contribution is 6.15. The predicted molar refractivity (Wildman–Crippen MR) is 234 cm³/mol. The first-order valence-corrected chi connectivity index (χ1v) is 19.2. The second kappa shape index (κ2) is 12.3. The summed E-state index contributed by atoms with van der Waals surface area (Å²) < 4.78 is 6.88. The first-order chi connectivity index (χ1) is 28.3. The number of para-hydroxylation sites is 8. The maximum atomic E-state index is 5.49. The van der Waals surface area contributed by atoms with Gasteiger partial charge in [-0.1, -0.05) is 133 Å². The minimum Gasteiger partial charge on any atom is -0.309 e. The van der Waals surface area contributed by atoms with Gasteiger partial charge in [-0.25, -0.2) is 4.98 Å². The molecule has 0 aliphatic heterocycles. The van der Waals surface area contributed by atoms with Crippen LogP contribution < -0.4 is 0 Å². The van der Waals surface area contributed by atoms with Crippen molar-refractivity contribution in [1.82, 2.24) is 28.7 Å². The normalized spacial score (nSPS) is 11.9. The first-order valence-electron chi connectivity index (χ1n) is 19.2. The van der Waals surface area contributed by atoms with Crippen LogP contribution in [0.15, 0.2) is 194 Å². The largest absolute Gasteiger partial charge is 0.309 e. The standard InChI is InChI=1S/C51H32N6/c1-3-17-33(18-4-1)55-43-29-11-9-23-37(43)39-25-15-27-41(47(39)55)49-52-50(54-51(53-49)57-45-31-13-7-21-35(45)36-22-8-14-32-46(36)57)42-28-16-26-40-38-24-10-12-30-44(38)56(48(40)42)34-19-5-2-6-20-34/h1-32H. The molecule has 12 rings (SSSR count). The van der Waals surface area contributed by atoms with Gasteiger partial charge in [-0.15, -0.1) is 0 Å². The zero-order valence-corrected chi connectivity index (χ0v) is 30.7. The Labute approximate surface area is 327 Å². The zero-order chi connectivity index (χ0) is 37.5. The molecule has 0 fully saturated rings. The summed E-state index contributed by atoms with van der Waals surface area (Å²) in [5.74, 6) is 1.76. The first kappa shape index (κ1) is 31.5. The number of benzene rings is 8. The predicted octanol–water partition coefficient (Wildman–Crippen LogP) is 12.5. The summed E-state index contributed by atoms with van der Waals surface area (Å²) in [6.07, 6.45) is 0. The van der Waals surface area contributed by atoms with Gasteiger partial charge in [-0.2, -0.15) is 9.97 Å². The SMILES string of the molecule is c1ccc(-n2c3ccccc3c3cccc(-c4nc(-c5cccc6c7ccccc7n(-c7ccccc7)c56)nc(-n5c6ccccc6c6ccccc65)n4)c32)cc1. The number of aromatic nitrogens is 6. The molecule has 0 unspecified atom stereocenters. The van der Waals surface area contributed by atoms with Gasteiger partial charge in [0.15, 0.2) is 11.6 Å². The summed E-state index contributed by atoms with van der Waals surface area (Å²) in [7, 11) is 0. The van der Waals surface area contributed by atoms with E-state index in [0.717, 1.165) is 77.1 Å². The Morgan fingerprint density at radius 3 is 1.02 bits per heavy atom. The molecule has 0 bridgehead atoms. The minimum absolute atomic E-state index is 0.561. The molecule has 0 radical (unpaired) electrons. The molecule has 0 spiro atoms. The molecule has 0 amide bonds. The minimum atomic E-state index is 0.561. The lowest BCUT2D eigenvalue weighted by atomic mass is 10.1. The van der Waals surface area contributed by atoms with Crippen LogP contribution >= 0.6 is 0 Å². The van der Waals surface area contributed by atoms with Crippen LogP contribution in [0.5, 0.6) is 0 Å². The molecule has 0 saturated carbocycles. The second-order valence-corrected chi connectivity index (χ2v) is 14.4. The summed E-state index contributed by atoms with van der Waals surface area (Å²) in [5, 5.41) is 6.92. The van der Waals surface area contributed by atoms with Crippen LogP contribution in [0.25, 0.3) is 106 Å². The molecule has 0 aliphatic rings. The van der Waals surface area contributed by atoms with E-state index in [1.54, 1.807) is 0 Å². The average molecular weight is 729 g/mol. The fraction of sp³-hybridized carbons (Fsp3) is 0. The molecule has 0 aliphatic carbocycles. The molecule has 6 nitrogen and oxygen atoms in total. The fourth-order valence-electron chi connectivity index (χ4n) is 8.93. The van der Waals surface area contributed by atoms with Crippen molar-refractivity contribution in [2.24, 2.45) is 0 Å². The highest BCUT2D eigenvalue weighted by Gasteiger charge is 2.24. The van der Waals surface area contributed by atoms with Crippen LogP contribution in [-0.2, 0) is 0 Å². The monoisotopic (exact) mass is 728 g/mol. The van der Waals surface area contributed by atoms with E-state index in [-0.39, 0.29) is 0 Å². The number of rotatable bonds is 5. The van der Waals surface area contributed by atoms with Gasteiger partial charge in [0, 0.05) is 54.8 Å². The third-order valence-corrected chi connectivity index (χ3v) is 11.3. The van der Waals surface area contributed by atoms with Crippen molar-refractivity contribution in [3.63, 3.8) is 0 Å². The van der Waals surface area contributed by atoms with E-state index >= 15 is 0 Å². The smallest absolute Gasteiger partial charge is 0.238 e. The topological polar surface area (TPSA) is 53.5 Å². The molecular weight excluding hydrogens is 697 g/mol. The van der Waals surface area contributed by atoms with Crippen molar-refractivity contribution in [3.8, 4) is 40.1 Å². The number of hydrogen-bond acceptors (Lipinski definition) is 3. The quantitative estimate of drug-likeness (QED) is 0.177. The van der Waals surface area contributed by atoms with Crippen LogP contribution in [0.1, 0.15) is 0 Å². The van der Waals surface area contributed by atoms with E-state index in [1.807, 2.05) is 0 Å². The van der Waals surface area contributed by atoms with Crippen LogP contribution in [0, 0.1) is 0 Å². The van der Waals surface area contributed by atoms with E-state index in [4.69, 9.17) is 15.0 Å². The Bertz CT molecular complexity index is 3290. The van der Waals surface area contributed by atoms with Gasteiger partial charge in [-0.3, -0.25) is 4.57 Å². The molecular formula is C51H32N6. The van der Waals surface area contributed by atoms with E-state index < -0.39 is 0 Å². The average Bonchev–Trinajstić information content (AvgIpc) is 3.93. The summed E-state index contributed by atoms with van der Waals surface area (Å²) in [4.78, 5) is 16.4. The lowest BCUT2D eigenvalue weighted by Crippen LogP contribution is -2.07. The Morgan fingerprint density at radius 2 is 0.596 bits per heavy atom. The van der Waals surface area contributed by atoms with E-state index in [9.17, 15) is 0 Å².